The summed E-state index contributed by atoms with van der Waals surface area (Å²) < 4.78 is 11.5. The van der Waals surface area contributed by atoms with Crippen molar-refractivity contribution < 1.29 is 19.1 Å². The first-order chi connectivity index (χ1) is 11.7. The van der Waals surface area contributed by atoms with Crippen LogP contribution < -0.4 is 0 Å². The van der Waals surface area contributed by atoms with E-state index in [9.17, 15) is 9.59 Å². The van der Waals surface area contributed by atoms with Crippen molar-refractivity contribution in [2.24, 2.45) is 0 Å². The third-order valence-corrected chi connectivity index (χ3v) is 3.67. The molecule has 0 aliphatic rings. The Hall–Kier alpha value is -2.63. The van der Waals surface area contributed by atoms with Crippen LogP contribution in [-0.4, -0.2) is 35.4 Å². The molecule has 0 N–H and O–H groups in total. The van der Waals surface area contributed by atoms with E-state index in [0.717, 1.165) is 16.8 Å². The fourth-order valence-corrected chi connectivity index (χ4v) is 2.55. The summed E-state index contributed by atoms with van der Waals surface area (Å²) in [5.41, 5.74) is 2.90. The topological polar surface area (TPSA) is 70.4 Å². The van der Waals surface area contributed by atoms with Crippen molar-refractivity contribution in [3.05, 3.63) is 47.8 Å². The van der Waals surface area contributed by atoms with Crippen LogP contribution in [0.1, 0.15) is 30.9 Å². The lowest BCUT2D eigenvalue weighted by Crippen LogP contribution is -2.10. The molecule has 1 heterocycles. The van der Waals surface area contributed by atoms with Gasteiger partial charge in [0.25, 0.3) is 0 Å². The minimum Gasteiger partial charge on any atom is -0.469 e. The highest BCUT2D eigenvalue weighted by molar-refractivity contribution is 5.71. The van der Waals surface area contributed by atoms with E-state index in [1.165, 1.54) is 7.11 Å². The number of nitrogens with zero attached hydrogens (tertiary/aromatic N) is 2. The third kappa shape index (κ3) is 4.68. The predicted octanol–water partition coefficient (Wildman–Crippen LogP) is 2.47. The molecule has 6 heteroatoms. The maximum Gasteiger partial charge on any atom is 0.306 e. The second-order valence-electron chi connectivity index (χ2n) is 5.26. The van der Waals surface area contributed by atoms with Crippen LogP contribution in [0, 0.1) is 0 Å². The number of aryl methyl sites for hydroxylation is 2. The molecular weight excluding hydrogens is 308 g/mol. The lowest BCUT2D eigenvalue weighted by Gasteiger charge is -2.15. The summed E-state index contributed by atoms with van der Waals surface area (Å²) in [6, 6.07) is 7.71. The molecule has 2 rings (SSSR count). The van der Waals surface area contributed by atoms with Crippen molar-refractivity contribution >= 4 is 11.9 Å². The number of aromatic nitrogens is 2. The summed E-state index contributed by atoms with van der Waals surface area (Å²) in [4.78, 5) is 23.1. The highest BCUT2D eigenvalue weighted by Crippen LogP contribution is 2.22. The summed E-state index contributed by atoms with van der Waals surface area (Å²) in [6.45, 7) is 2.17. The number of hydrogen-bond donors (Lipinski definition) is 0. The monoisotopic (exact) mass is 330 g/mol. The number of methoxy groups -OCH3 is 1. The van der Waals surface area contributed by atoms with Crippen LogP contribution in [0.25, 0.3) is 5.69 Å². The SMILES string of the molecule is CCOC(=O)CCc1cccc(CCC(=O)OC)c1-n1cccn1. The van der Waals surface area contributed by atoms with E-state index in [4.69, 9.17) is 9.47 Å². The summed E-state index contributed by atoms with van der Waals surface area (Å²) in [7, 11) is 1.38. The minimum atomic E-state index is -0.252. The molecule has 0 saturated carbocycles. The van der Waals surface area contributed by atoms with E-state index in [0.29, 0.717) is 32.3 Å². The molecule has 24 heavy (non-hydrogen) atoms. The Kier molecular flexibility index (Phi) is 6.54. The normalized spacial score (nSPS) is 10.4. The van der Waals surface area contributed by atoms with Gasteiger partial charge in [-0.25, -0.2) is 4.68 Å². The second-order valence-corrected chi connectivity index (χ2v) is 5.26. The zero-order valence-corrected chi connectivity index (χ0v) is 14.0. The standard InChI is InChI=1S/C18H22N2O4/c1-3-24-17(22)11-9-15-7-4-6-14(8-10-16(21)23-2)18(15)20-13-5-12-19-20/h4-7,12-13H,3,8-11H2,1-2H3. The molecule has 2 aromatic rings. The highest BCUT2D eigenvalue weighted by atomic mass is 16.5. The van der Waals surface area contributed by atoms with Gasteiger partial charge in [0, 0.05) is 25.2 Å². The van der Waals surface area contributed by atoms with Gasteiger partial charge in [0.2, 0.25) is 0 Å². The maximum absolute atomic E-state index is 11.6. The van der Waals surface area contributed by atoms with Gasteiger partial charge >= 0.3 is 11.9 Å². The van der Waals surface area contributed by atoms with Gasteiger partial charge in [-0.3, -0.25) is 9.59 Å². The molecule has 0 spiro atoms. The Bertz CT molecular complexity index is 680. The van der Waals surface area contributed by atoms with Crippen molar-refractivity contribution in [3.63, 3.8) is 0 Å². The van der Waals surface area contributed by atoms with Crippen molar-refractivity contribution in [3.8, 4) is 5.69 Å². The summed E-state index contributed by atoms with van der Waals surface area (Å²) >= 11 is 0. The van der Waals surface area contributed by atoms with Crippen LogP contribution in [0.2, 0.25) is 0 Å². The molecule has 1 aromatic carbocycles. The molecule has 0 aliphatic heterocycles. The molecule has 0 aliphatic carbocycles. The summed E-state index contributed by atoms with van der Waals surface area (Å²) in [5.74, 6) is -0.470. The third-order valence-electron chi connectivity index (χ3n) is 3.67. The fourth-order valence-electron chi connectivity index (χ4n) is 2.55. The number of para-hydroxylation sites is 1. The van der Waals surface area contributed by atoms with Gasteiger partial charge in [0.1, 0.15) is 0 Å². The lowest BCUT2D eigenvalue weighted by atomic mass is 9.99. The molecule has 0 bridgehead atoms. The average Bonchev–Trinajstić information content (AvgIpc) is 3.12. The Morgan fingerprint density at radius 2 is 1.75 bits per heavy atom. The molecule has 0 atom stereocenters. The number of hydrogen-bond acceptors (Lipinski definition) is 5. The van der Waals surface area contributed by atoms with Crippen LogP contribution in [-0.2, 0) is 31.9 Å². The molecule has 1 aromatic heterocycles. The number of carbonyl (C=O) groups excluding carboxylic acids is 2. The smallest absolute Gasteiger partial charge is 0.306 e. The number of esters is 2. The maximum atomic E-state index is 11.6. The summed E-state index contributed by atoms with van der Waals surface area (Å²) in [5, 5.41) is 4.30. The van der Waals surface area contributed by atoms with Gasteiger partial charge in [-0.2, -0.15) is 5.10 Å². The number of ether oxygens (including phenoxy) is 2. The number of benzene rings is 1. The second kappa shape index (κ2) is 8.86. The van der Waals surface area contributed by atoms with Gasteiger partial charge < -0.3 is 9.47 Å². The van der Waals surface area contributed by atoms with Gasteiger partial charge in [-0.15, -0.1) is 0 Å². The summed E-state index contributed by atoms with van der Waals surface area (Å²) in [6.07, 6.45) is 5.26. The predicted molar refractivity (Wildman–Crippen MR) is 88.9 cm³/mol. The van der Waals surface area contributed by atoms with Crippen LogP contribution in [0.15, 0.2) is 36.7 Å². The number of rotatable bonds is 8. The first-order valence-corrected chi connectivity index (χ1v) is 7.99. The zero-order chi connectivity index (χ0) is 17.4. The Morgan fingerprint density at radius 1 is 1.08 bits per heavy atom. The van der Waals surface area contributed by atoms with E-state index >= 15 is 0 Å². The van der Waals surface area contributed by atoms with Crippen LogP contribution in [0.4, 0.5) is 0 Å². The molecule has 0 unspecified atom stereocenters. The molecule has 0 fully saturated rings. The quantitative estimate of drug-likeness (QED) is 0.695. The average molecular weight is 330 g/mol. The van der Waals surface area contributed by atoms with Gasteiger partial charge in [0.15, 0.2) is 0 Å². The first kappa shape index (κ1) is 17.7. The van der Waals surface area contributed by atoms with E-state index in [2.05, 4.69) is 5.10 Å². The van der Waals surface area contributed by atoms with Crippen LogP contribution in [0.3, 0.4) is 0 Å². The van der Waals surface area contributed by atoms with E-state index in [1.54, 1.807) is 17.8 Å². The van der Waals surface area contributed by atoms with Crippen molar-refractivity contribution in [1.29, 1.82) is 0 Å². The molecular formula is C18H22N2O4. The zero-order valence-electron chi connectivity index (χ0n) is 14.0. The largest absolute Gasteiger partial charge is 0.469 e. The Balaban J connectivity index is 2.25. The highest BCUT2D eigenvalue weighted by Gasteiger charge is 2.14. The molecule has 0 amide bonds. The van der Waals surface area contributed by atoms with E-state index in [-0.39, 0.29) is 11.9 Å². The molecule has 0 radical (unpaired) electrons. The van der Waals surface area contributed by atoms with Crippen LogP contribution >= 0.6 is 0 Å². The van der Waals surface area contributed by atoms with Crippen molar-refractivity contribution in [1.82, 2.24) is 9.78 Å². The Morgan fingerprint density at radius 3 is 2.29 bits per heavy atom. The molecule has 0 saturated heterocycles. The van der Waals surface area contributed by atoms with Crippen molar-refractivity contribution in [2.45, 2.75) is 32.6 Å². The van der Waals surface area contributed by atoms with Crippen LogP contribution in [0.5, 0.6) is 0 Å². The first-order valence-electron chi connectivity index (χ1n) is 7.99. The molecule has 128 valence electrons. The Labute approximate surface area is 141 Å². The van der Waals surface area contributed by atoms with Gasteiger partial charge in [0.05, 0.1) is 19.4 Å². The number of carbonyl (C=O) groups is 2. The van der Waals surface area contributed by atoms with E-state index < -0.39 is 0 Å². The van der Waals surface area contributed by atoms with E-state index in [1.807, 2.05) is 30.5 Å². The fraction of sp³-hybridized carbons (Fsp3) is 0.389. The van der Waals surface area contributed by atoms with Gasteiger partial charge in [-0.1, -0.05) is 18.2 Å². The van der Waals surface area contributed by atoms with Gasteiger partial charge in [-0.05, 0) is 37.0 Å². The minimum absolute atomic E-state index is 0.219. The molecule has 6 nitrogen and oxygen atoms in total. The van der Waals surface area contributed by atoms with Crippen molar-refractivity contribution in [2.75, 3.05) is 13.7 Å². The lowest BCUT2D eigenvalue weighted by molar-refractivity contribution is -0.143.